The summed E-state index contributed by atoms with van der Waals surface area (Å²) in [5.74, 6) is 0. The maximum absolute atomic E-state index is 12.3. The lowest BCUT2D eigenvalue weighted by atomic mass is 10.2. The van der Waals surface area contributed by atoms with E-state index in [-0.39, 0.29) is 18.3 Å². The van der Waals surface area contributed by atoms with Crippen molar-refractivity contribution in [1.82, 2.24) is 10.3 Å². The summed E-state index contributed by atoms with van der Waals surface area (Å²) in [6.07, 6.45) is -2.51. The van der Waals surface area contributed by atoms with Crippen LogP contribution in [0.15, 0.2) is 18.3 Å². The van der Waals surface area contributed by atoms with Crippen LogP contribution >= 0.6 is 0 Å². The van der Waals surface area contributed by atoms with Crippen molar-refractivity contribution in [1.29, 1.82) is 0 Å². The molecule has 1 atom stereocenters. The number of pyridine rings is 1. The Hall–Kier alpha value is -1.83. The molecule has 1 aromatic heterocycles. The van der Waals surface area contributed by atoms with Crippen molar-refractivity contribution in [2.75, 3.05) is 11.9 Å². The minimum Gasteiger partial charge on any atom is -0.396 e. The summed E-state index contributed by atoms with van der Waals surface area (Å²) in [6, 6.07) is 1.18. The van der Waals surface area contributed by atoms with Gasteiger partial charge in [-0.1, -0.05) is 6.92 Å². The first kappa shape index (κ1) is 16.2. The van der Waals surface area contributed by atoms with Gasteiger partial charge in [-0.2, -0.15) is 13.2 Å². The average Bonchev–Trinajstić information content (AvgIpc) is 2.37. The van der Waals surface area contributed by atoms with Gasteiger partial charge in [0.2, 0.25) is 0 Å². The molecule has 1 unspecified atom stereocenters. The second-order valence-corrected chi connectivity index (χ2v) is 4.15. The number of anilines is 1. The topological polar surface area (TPSA) is 74.2 Å². The number of carbonyl (C=O) groups is 1. The molecule has 3 N–H and O–H groups in total. The van der Waals surface area contributed by atoms with Crippen molar-refractivity contribution in [3.05, 3.63) is 24.0 Å². The molecule has 1 rings (SSSR count). The summed E-state index contributed by atoms with van der Waals surface area (Å²) in [4.78, 5) is 14.8. The minimum atomic E-state index is -4.50. The van der Waals surface area contributed by atoms with E-state index in [1.165, 1.54) is 0 Å². The van der Waals surface area contributed by atoms with Gasteiger partial charge in [-0.15, -0.1) is 0 Å². The van der Waals surface area contributed by atoms with E-state index in [0.29, 0.717) is 12.8 Å². The van der Waals surface area contributed by atoms with Gasteiger partial charge in [-0.3, -0.25) is 0 Å². The zero-order valence-electron chi connectivity index (χ0n) is 10.9. The highest BCUT2D eigenvalue weighted by atomic mass is 19.4. The lowest BCUT2D eigenvalue weighted by Gasteiger charge is -2.16. The second-order valence-electron chi connectivity index (χ2n) is 4.15. The largest absolute Gasteiger partial charge is 0.433 e. The van der Waals surface area contributed by atoms with E-state index in [4.69, 9.17) is 5.11 Å². The van der Waals surface area contributed by atoms with E-state index in [1.807, 2.05) is 6.92 Å². The molecule has 8 heteroatoms. The molecule has 0 bridgehead atoms. The molecular weight excluding hydrogens is 275 g/mol. The SMILES string of the molecule is CCC(CCO)NC(=O)Nc1ccc(C(F)(F)F)nc1. The maximum Gasteiger partial charge on any atom is 0.433 e. The first-order valence-corrected chi connectivity index (χ1v) is 6.08. The zero-order valence-corrected chi connectivity index (χ0v) is 10.9. The Morgan fingerprint density at radius 1 is 1.45 bits per heavy atom. The normalized spacial score (nSPS) is 12.8. The average molecular weight is 291 g/mol. The number of urea groups is 1. The van der Waals surface area contributed by atoms with Crippen LogP contribution in [0, 0.1) is 0 Å². The first-order valence-electron chi connectivity index (χ1n) is 6.08. The summed E-state index contributed by atoms with van der Waals surface area (Å²) in [5.41, 5.74) is -0.857. The van der Waals surface area contributed by atoms with Crippen LogP contribution in [0.25, 0.3) is 0 Å². The lowest BCUT2D eigenvalue weighted by Crippen LogP contribution is -2.38. The number of alkyl halides is 3. The second kappa shape index (κ2) is 7.09. The summed E-state index contributed by atoms with van der Waals surface area (Å²) in [6.45, 7) is 1.79. The highest BCUT2D eigenvalue weighted by Crippen LogP contribution is 2.27. The number of aliphatic hydroxyl groups is 1. The van der Waals surface area contributed by atoms with Crippen LogP contribution in [0.3, 0.4) is 0 Å². The Morgan fingerprint density at radius 3 is 2.60 bits per heavy atom. The van der Waals surface area contributed by atoms with Gasteiger partial charge < -0.3 is 15.7 Å². The quantitative estimate of drug-likeness (QED) is 0.779. The van der Waals surface area contributed by atoms with Gasteiger partial charge in [-0.25, -0.2) is 9.78 Å². The van der Waals surface area contributed by atoms with E-state index in [0.717, 1.165) is 18.3 Å². The third-order valence-electron chi connectivity index (χ3n) is 2.62. The van der Waals surface area contributed by atoms with Crippen LogP contribution in [0.4, 0.5) is 23.7 Å². The van der Waals surface area contributed by atoms with Crippen LogP contribution in [-0.4, -0.2) is 28.8 Å². The highest BCUT2D eigenvalue weighted by molar-refractivity contribution is 5.89. The van der Waals surface area contributed by atoms with Gasteiger partial charge in [0.25, 0.3) is 0 Å². The maximum atomic E-state index is 12.3. The molecule has 112 valence electrons. The fraction of sp³-hybridized carbons (Fsp3) is 0.500. The van der Waals surface area contributed by atoms with Gasteiger partial charge in [0, 0.05) is 12.6 Å². The fourth-order valence-electron chi connectivity index (χ4n) is 1.52. The Bertz CT molecular complexity index is 435. The first-order chi connectivity index (χ1) is 9.36. The minimum absolute atomic E-state index is 0.0549. The third kappa shape index (κ3) is 5.04. The lowest BCUT2D eigenvalue weighted by molar-refractivity contribution is -0.141. The molecule has 20 heavy (non-hydrogen) atoms. The van der Waals surface area contributed by atoms with Crippen molar-refractivity contribution in [3.63, 3.8) is 0 Å². The number of nitrogens with zero attached hydrogens (tertiary/aromatic N) is 1. The van der Waals surface area contributed by atoms with Crippen molar-refractivity contribution in [3.8, 4) is 0 Å². The van der Waals surface area contributed by atoms with E-state index in [9.17, 15) is 18.0 Å². The molecular formula is C12H16F3N3O2. The molecule has 1 aromatic rings. The molecule has 0 aliphatic rings. The molecule has 1 heterocycles. The van der Waals surface area contributed by atoms with Gasteiger partial charge >= 0.3 is 12.2 Å². The molecule has 2 amide bonds. The summed E-state index contributed by atoms with van der Waals surface area (Å²) >= 11 is 0. The van der Waals surface area contributed by atoms with E-state index in [2.05, 4.69) is 15.6 Å². The summed E-state index contributed by atoms with van der Waals surface area (Å²) in [5, 5.41) is 13.8. The number of aromatic nitrogens is 1. The fourth-order valence-corrected chi connectivity index (χ4v) is 1.52. The molecule has 0 spiro atoms. The van der Waals surface area contributed by atoms with Crippen LogP contribution in [-0.2, 0) is 6.18 Å². The molecule has 0 radical (unpaired) electrons. The molecule has 5 nitrogen and oxygen atoms in total. The number of nitrogens with one attached hydrogen (secondary N) is 2. The summed E-state index contributed by atoms with van der Waals surface area (Å²) < 4.78 is 36.9. The van der Waals surface area contributed by atoms with Gasteiger partial charge in [0.05, 0.1) is 11.9 Å². The Kier molecular flexibility index (Phi) is 5.75. The van der Waals surface area contributed by atoms with Crippen molar-refractivity contribution in [2.45, 2.75) is 32.0 Å². The van der Waals surface area contributed by atoms with Crippen molar-refractivity contribution < 1.29 is 23.1 Å². The predicted octanol–water partition coefficient (Wildman–Crippen LogP) is 2.38. The monoisotopic (exact) mass is 291 g/mol. The van der Waals surface area contributed by atoms with Gasteiger partial charge in [0.15, 0.2) is 0 Å². The van der Waals surface area contributed by atoms with Crippen LogP contribution in [0.1, 0.15) is 25.5 Å². The number of hydrogen-bond donors (Lipinski definition) is 3. The molecule has 0 saturated carbocycles. The Labute approximate surface area is 114 Å². The third-order valence-corrected chi connectivity index (χ3v) is 2.62. The van der Waals surface area contributed by atoms with Gasteiger partial charge in [0.1, 0.15) is 5.69 Å². The van der Waals surface area contributed by atoms with E-state index in [1.54, 1.807) is 0 Å². The molecule has 0 aliphatic heterocycles. The van der Waals surface area contributed by atoms with Crippen LogP contribution in [0.5, 0.6) is 0 Å². The standard InChI is InChI=1S/C12H16F3N3O2/c1-2-8(5-6-19)17-11(20)18-9-3-4-10(16-7-9)12(13,14)15/h3-4,7-8,19H,2,5-6H2,1H3,(H2,17,18,20). The van der Waals surface area contributed by atoms with Gasteiger partial charge in [-0.05, 0) is 25.0 Å². The number of halogens is 3. The highest BCUT2D eigenvalue weighted by Gasteiger charge is 2.32. The summed E-state index contributed by atoms with van der Waals surface area (Å²) in [7, 11) is 0. The smallest absolute Gasteiger partial charge is 0.396 e. The predicted molar refractivity (Wildman–Crippen MR) is 67.2 cm³/mol. The van der Waals surface area contributed by atoms with E-state index < -0.39 is 17.9 Å². The number of amides is 2. The van der Waals surface area contributed by atoms with Crippen molar-refractivity contribution >= 4 is 11.7 Å². The molecule has 0 saturated heterocycles. The number of aliphatic hydroxyl groups excluding tert-OH is 1. The number of rotatable bonds is 5. The molecule has 0 fully saturated rings. The van der Waals surface area contributed by atoms with Crippen molar-refractivity contribution in [2.24, 2.45) is 0 Å². The van der Waals surface area contributed by atoms with Crippen LogP contribution < -0.4 is 10.6 Å². The molecule has 0 aliphatic carbocycles. The van der Waals surface area contributed by atoms with Crippen LogP contribution in [0.2, 0.25) is 0 Å². The zero-order chi connectivity index (χ0) is 15.2. The Morgan fingerprint density at radius 2 is 2.15 bits per heavy atom. The number of hydrogen-bond acceptors (Lipinski definition) is 3. The number of carbonyl (C=O) groups excluding carboxylic acids is 1. The Balaban J connectivity index is 2.58. The van der Waals surface area contributed by atoms with E-state index >= 15 is 0 Å². The molecule has 0 aromatic carbocycles.